The smallest absolute Gasteiger partial charge is 0.155 e. The quantitative estimate of drug-likeness (QED) is 0.664. The van der Waals surface area contributed by atoms with Crippen molar-refractivity contribution in [2.45, 2.75) is 13.5 Å². The van der Waals surface area contributed by atoms with Crippen LogP contribution in [-0.2, 0) is 6.54 Å². The normalized spacial score (nSPS) is 10.2. The van der Waals surface area contributed by atoms with E-state index in [2.05, 4.69) is 33.6 Å². The van der Waals surface area contributed by atoms with Crippen molar-refractivity contribution in [1.29, 1.82) is 5.26 Å². The molecule has 0 bridgehead atoms. The van der Waals surface area contributed by atoms with Crippen molar-refractivity contribution < 1.29 is 4.74 Å². The van der Waals surface area contributed by atoms with E-state index in [1.54, 1.807) is 18.3 Å². The van der Waals surface area contributed by atoms with E-state index in [4.69, 9.17) is 15.7 Å². The van der Waals surface area contributed by atoms with E-state index in [9.17, 15) is 0 Å². The number of hydrogen-bond acceptors (Lipinski definition) is 4. The highest BCUT2D eigenvalue weighted by molar-refractivity contribution is 14.1. The largest absolute Gasteiger partial charge is 0.488 e. The van der Waals surface area contributed by atoms with Gasteiger partial charge in [0, 0.05) is 12.4 Å². The first-order valence-corrected chi connectivity index (χ1v) is 6.79. The Hall–Kier alpha value is -1.75. The van der Waals surface area contributed by atoms with Gasteiger partial charge in [0.15, 0.2) is 5.75 Å². The Bertz CT molecular complexity index is 607. The highest BCUT2D eigenvalue weighted by Crippen LogP contribution is 2.29. The first-order valence-electron chi connectivity index (χ1n) is 5.71. The maximum atomic E-state index is 8.85. The van der Waals surface area contributed by atoms with Crippen LogP contribution in [0.3, 0.4) is 0 Å². The second-order valence-corrected chi connectivity index (χ2v) is 5.17. The van der Waals surface area contributed by atoms with Gasteiger partial charge in [-0.2, -0.15) is 5.26 Å². The number of nitrogens with two attached hydrogens (primary N) is 1. The van der Waals surface area contributed by atoms with Gasteiger partial charge in [0.1, 0.15) is 12.4 Å². The van der Waals surface area contributed by atoms with Crippen molar-refractivity contribution in [3.05, 3.63) is 39.5 Å². The zero-order valence-corrected chi connectivity index (χ0v) is 12.6. The predicted molar refractivity (Wildman–Crippen MR) is 80.7 cm³/mol. The fourth-order valence-corrected chi connectivity index (χ4v) is 2.52. The summed E-state index contributed by atoms with van der Waals surface area (Å²) in [7, 11) is 0. The number of anilines is 1. The Balaban J connectivity index is 2.04. The van der Waals surface area contributed by atoms with Crippen LogP contribution in [0.25, 0.3) is 0 Å². The minimum absolute atomic E-state index is 0.491. The molecule has 2 aromatic rings. The first kappa shape index (κ1) is 13.7. The van der Waals surface area contributed by atoms with Gasteiger partial charge in [0.25, 0.3) is 0 Å². The molecule has 19 heavy (non-hydrogen) atoms. The minimum atomic E-state index is 0.491. The molecule has 0 spiro atoms. The van der Waals surface area contributed by atoms with E-state index in [1.807, 2.05) is 17.7 Å². The number of imidazole rings is 1. The predicted octanol–water partition coefficient (Wildman–Crippen LogP) is 2.33. The van der Waals surface area contributed by atoms with Crippen LogP contribution >= 0.6 is 22.6 Å². The molecule has 0 aliphatic heterocycles. The Kier molecular flexibility index (Phi) is 4.27. The van der Waals surface area contributed by atoms with E-state index in [-0.39, 0.29) is 0 Å². The molecule has 0 unspecified atom stereocenters. The molecule has 98 valence electrons. The van der Waals surface area contributed by atoms with Crippen molar-refractivity contribution >= 4 is 28.3 Å². The summed E-state index contributed by atoms with van der Waals surface area (Å²) in [6.07, 6.45) is 3.67. The van der Waals surface area contributed by atoms with E-state index in [1.165, 1.54) is 0 Å². The topological polar surface area (TPSA) is 76.9 Å². The molecule has 0 aliphatic carbocycles. The average Bonchev–Trinajstić information content (AvgIpc) is 2.78. The number of ether oxygens (including phenoxy) is 1. The zero-order chi connectivity index (χ0) is 13.8. The van der Waals surface area contributed by atoms with Gasteiger partial charge in [-0.05, 0) is 41.6 Å². The fourth-order valence-electron chi connectivity index (χ4n) is 1.72. The summed E-state index contributed by atoms with van der Waals surface area (Å²) in [5.41, 5.74) is 6.92. The van der Waals surface area contributed by atoms with Crippen molar-refractivity contribution in [2.75, 3.05) is 12.3 Å². The van der Waals surface area contributed by atoms with Crippen LogP contribution in [0.15, 0.2) is 24.5 Å². The Morgan fingerprint density at radius 3 is 2.89 bits per heavy atom. The molecule has 1 aromatic carbocycles. The third-order valence-electron chi connectivity index (χ3n) is 2.70. The van der Waals surface area contributed by atoms with Gasteiger partial charge in [-0.25, -0.2) is 4.98 Å². The molecule has 0 fully saturated rings. The van der Waals surface area contributed by atoms with Gasteiger partial charge in [0.05, 0.1) is 27.4 Å². The molecule has 0 amide bonds. The molecule has 1 aromatic heterocycles. The molecule has 1 heterocycles. The highest BCUT2D eigenvalue weighted by Gasteiger charge is 2.08. The van der Waals surface area contributed by atoms with E-state index >= 15 is 0 Å². The number of aromatic nitrogens is 2. The molecular weight excluding hydrogens is 355 g/mol. The van der Waals surface area contributed by atoms with Crippen molar-refractivity contribution in [1.82, 2.24) is 9.55 Å². The van der Waals surface area contributed by atoms with Gasteiger partial charge in [-0.3, -0.25) is 0 Å². The number of nitriles is 1. The number of nitrogen functional groups attached to an aromatic ring is 1. The monoisotopic (exact) mass is 368 g/mol. The zero-order valence-electron chi connectivity index (χ0n) is 10.4. The summed E-state index contributed by atoms with van der Waals surface area (Å²) in [4.78, 5) is 4.15. The van der Waals surface area contributed by atoms with Crippen LogP contribution in [0.4, 0.5) is 5.69 Å². The number of rotatable bonds is 4. The summed E-state index contributed by atoms with van der Waals surface area (Å²) >= 11 is 2.12. The molecule has 5 nitrogen and oxygen atoms in total. The molecule has 0 radical (unpaired) electrons. The summed E-state index contributed by atoms with van der Waals surface area (Å²) < 4.78 is 8.56. The lowest BCUT2D eigenvalue weighted by molar-refractivity contribution is 0.296. The molecule has 0 atom stereocenters. The van der Waals surface area contributed by atoms with E-state index < -0.39 is 0 Å². The maximum Gasteiger partial charge on any atom is 0.155 e. The molecule has 0 saturated carbocycles. The Morgan fingerprint density at radius 2 is 2.32 bits per heavy atom. The van der Waals surface area contributed by atoms with Crippen LogP contribution in [-0.4, -0.2) is 16.2 Å². The fraction of sp³-hybridized carbons (Fsp3) is 0.231. The summed E-state index contributed by atoms with van der Waals surface area (Å²) in [5, 5.41) is 8.85. The van der Waals surface area contributed by atoms with Crippen molar-refractivity contribution in [2.24, 2.45) is 0 Å². The molecule has 0 saturated heterocycles. The van der Waals surface area contributed by atoms with Gasteiger partial charge < -0.3 is 15.0 Å². The van der Waals surface area contributed by atoms with Crippen molar-refractivity contribution in [3.8, 4) is 11.8 Å². The second kappa shape index (κ2) is 5.93. The van der Waals surface area contributed by atoms with E-state index in [0.717, 1.165) is 9.39 Å². The summed E-state index contributed by atoms with van der Waals surface area (Å²) in [6.45, 7) is 3.16. The standard InChI is InChI=1S/C13H13IN4O/c1-9-17-2-3-18(9)4-5-19-13-11(14)6-10(8-15)7-12(13)16/h2-3,6-7H,4-5,16H2,1H3. The lowest BCUT2D eigenvalue weighted by Crippen LogP contribution is -2.10. The van der Waals surface area contributed by atoms with Crippen LogP contribution in [0.1, 0.15) is 11.4 Å². The maximum absolute atomic E-state index is 8.85. The third-order valence-corrected chi connectivity index (χ3v) is 3.50. The molecule has 2 N–H and O–H groups in total. The summed E-state index contributed by atoms with van der Waals surface area (Å²) in [6, 6.07) is 5.45. The number of halogens is 1. The minimum Gasteiger partial charge on any atom is -0.488 e. The number of benzene rings is 1. The van der Waals surface area contributed by atoms with Crippen LogP contribution in [0.2, 0.25) is 0 Å². The Labute approximate surface area is 125 Å². The van der Waals surface area contributed by atoms with Crippen LogP contribution in [0.5, 0.6) is 5.75 Å². The first-order chi connectivity index (χ1) is 9.11. The van der Waals surface area contributed by atoms with E-state index in [0.29, 0.717) is 30.2 Å². The number of aryl methyl sites for hydroxylation is 1. The summed E-state index contributed by atoms with van der Waals surface area (Å²) in [5.74, 6) is 1.59. The van der Waals surface area contributed by atoms with Gasteiger partial charge >= 0.3 is 0 Å². The lowest BCUT2D eigenvalue weighted by Gasteiger charge is -2.12. The lowest BCUT2D eigenvalue weighted by atomic mass is 10.2. The van der Waals surface area contributed by atoms with Crippen molar-refractivity contribution in [3.63, 3.8) is 0 Å². The van der Waals surface area contributed by atoms with Gasteiger partial charge in [-0.15, -0.1) is 0 Å². The Morgan fingerprint density at radius 1 is 1.53 bits per heavy atom. The molecular formula is C13H13IN4O. The number of hydrogen-bond donors (Lipinski definition) is 1. The molecule has 0 aliphatic rings. The third kappa shape index (κ3) is 3.17. The van der Waals surface area contributed by atoms with Gasteiger partial charge in [-0.1, -0.05) is 0 Å². The van der Waals surface area contributed by atoms with Crippen LogP contribution in [0, 0.1) is 21.8 Å². The second-order valence-electron chi connectivity index (χ2n) is 4.00. The number of nitrogens with zero attached hydrogens (tertiary/aromatic N) is 3. The van der Waals surface area contributed by atoms with Gasteiger partial charge in [0.2, 0.25) is 0 Å². The average molecular weight is 368 g/mol. The highest BCUT2D eigenvalue weighted by atomic mass is 127. The molecule has 2 rings (SSSR count). The SMILES string of the molecule is Cc1nccn1CCOc1c(N)cc(C#N)cc1I. The van der Waals surface area contributed by atoms with Crippen LogP contribution < -0.4 is 10.5 Å². The molecule has 6 heteroatoms.